The van der Waals surface area contributed by atoms with Gasteiger partial charge in [-0.15, -0.1) is 0 Å². The van der Waals surface area contributed by atoms with Gasteiger partial charge in [-0.05, 0) is 0 Å². The van der Waals surface area contributed by atoms with Crippen molar-refractivity contribution < 1.29 is 26.0 Å². The van der Waals surface area contributed by atoms with Crippen molar-refractivity contribution in [2.24, 2.45) is 0 Å². The number of unbranched alkanes of at least 4 members (excludes halogenated alkanes) is 1. The van der Waals surface area contributed by atoms with Crippen LogP contribution < -0.4 is 0 Å². The van der Waals surface area contributed by atoms with E-state index in [0.29, 0.717) is 22.7 Å². The van der Waals surface area contributed by atoms with Crippen LogP contribution in [-0.2, 0) is 26.0 Å². The molecule has 0 aliphatic rings. The predicted octanol–water partition coefficient (Wildman–Crippen LogP) is 4.75. The van der Waals surface area contributed by atoms with Crippen molar-refractivity contribution in [3.05, 3.63) is 0 Å². The van der Waals surface area contributed by atoms with E-state index in [9.17, 15) is 3.32 Å². The van der Waals surface area contributed by atoms with Gasteiger partial charge in [-0.3, -0.25) is 0 Å². The Morgan fingerprint density at radius 1 is 0.765 bits per heavy atom. The first-order valence-corrected chi connectivity index (χ1v) is 11.3. The summed E-state index contributed by atoms with van der Waals surface area (Å²) in [7, 11) is 0. The van der Waals surface area contributed by atoms with Crippen molar-refractivity contribution in [2.75, 3.05) is 13.2 Å². The minimum atomic E-state index is -4.33. The molecule has 3 nitrogen and oxygen atoms in total. The Morgan fingerprint density at radius 2 is 1.29 bits per heavy atom. The van der Waals surface area contributed by atoms with Crippen molar-refractivity contribution >= 4 is 0 Å². The van der Waals surface area contributed by atoms with E-state index in [1.807, 2.05) is 6.92 Å². The van der Waals surface area contributed by atoms with Gasteiger partial charge in [-0.2, -0.15) is 0 Å². The average Bonchev–Trinajstić information content (AvgIpc) is 2.28. The summed E-state index contributed by atoms with van der Waals surface area (Å²) >= 11 is -4.33. The molecule has 0 fully saturated rings. The molecule has 0 aromatic heterocycles. The molecule has 0 spiro atoms. The Labute approximate surface area is 108 Å². The first-order chi connectivity index (χ1) is 8.04. The van der Waals surface area contributed by atoms with Gasteiger partial charge >= 0.3 is 108 Å². The molecule has 0 radical (unpaired) electrons. The zero-order valence-corrected chi connectivity index (χ0v) is 13.7. The molecule has 0 aliphatic carbocycles. The Morgan fingerprint density at radius 3 is 1.71 bits per heavy atom. The van der Waals surface area contributed by atoms with Crippen LogP contribution in [0.15, 0.2) is 0 Å². The molecule has 0 aromatic rings. The van der Waals surface area contributed by atoms with Crippen molar-refractivity contribution in [1.29, 1.82) is 0 Å². The zero-order valence-electron chi connectivity index (χ0n) is 12.1. The van der Waals surface area contributed by atoms with Gasteiger partial charge in [0.1, 0.15) is 0 Å². The summed E-state index contributed by atoms with van der Waals surface area (Å²) in [4.78, 5) is 0. The van der Waals surface area contributed by atoms with Crippen LogP contribution in [0.1, 0.15) is 59.8 Å². The van der Waals surface area contributed by atoms with Crippen molar-refractivity contribution in [1.82, 2.24) is 0 Å². The van der Waals surface area contributed by atoms with Crippen LogP contribution in [0.25, 0.3) is 0 Å². The summed E-state index contributed by atoms with van der Waals surface area (Å²) in [5.74, 6) is 0. The van der Waals surface area contributed by atoms with Crippen LogP contribution in [-0.4, -0.2) is 13.2 Å². The van der Waals surface area contributed by atoms with Crippen molar-refractivity contribution in [3.8, 4) is 0 Å². The molecule has 0 N–H and O–H groups in total. The van der Waals surface area contributed by atoms with Crippen LogP contribution >= 0.6 is 0 Å². The second kappa shape index (κ2) is 8.52. The van der Waals surface area contributed by atoms with Gasteiger partial charge < -0.3 is 0 Å². The third-order valence-electron chi connectivity index (χ3n) is 3.02. The molecule has 0 aliphatic heterocycles. The average molecular weight is 282 g/mol. The van der Waals surface area contributed by atoms with E-state index in [1.54, 1.807) is 0 Å². The van der Waals surface area contributed by atoms with Crippen LogP contribution in [0.3, 0.4) is 0 Å². The van der Waals surface area contributed by atoms with Gasteiger partial charge in [0, 0.05) is 0 Å². The molecule has 0 atom stereocenters. The molecular weight excluding hydrogens is 252 g/mol. The van der Waals surface area contributed by atoms with E-state index >= 15 is 0 Å². The van der Waals surface area contributed by atoms with Gasteiger partial charge in [-0.25, -0.2) is 0 Å². The molecule has 0 rings (SSSR count). The molecule has 0 unspecified atom stereocenters. The normalized spacial score (nSPS) is 13.0. The minimum absolute atomic E-state index is 0.562. The second-order valence-corrected chi connectivity index (χ2v) is 11.6. The van der Waals surface area contributed by atoms with Crippen LogP contribution in [0.5, 0.6) is 0 Å². The van der Waals surface area contributed by atoms with Crippen molar-refractivity contribution in [2.45, 2.75) is 69.3 Å². The van der Waals surface area contributed by atoms with E-state index in [0.717, 1.165) is 32.1 Å². The first kappa shape index (κ1) is 17.4. The summed E-state index contributed by atoms with van der Waals surface area (Å²) in [6.07, 6.45) is 4.66. The van der Waals surface area contributed by atoms with Gasteiger partial charge in [0.05, 0.1) is 0 Å². The summed E-state index contributed by atoms with van der Waals surface area (Å²) < 4.78 is 26.2. The Bertz CT molecular complexity index is 241. The Kier molecular flexibility index (Phi) is 8.74. The fourth-order valence-electron chi connectivity index (χ4n) is 2.20. The van der Waals surface area contributed by atoms with E-state index < -0.39 is 16.1 Å². The molecule has 0 aromatic carbocycles. The Hall–Kier alpha value is 0.434. The molecule has 0 amide bonds. The summed E-state index contributed by atoms with van der Waals surface area (Å²) in [5, 5.41) is 0. The van der Waals surface area contributed by atoms with E-state index in [1.165, 1.54) is 0 Å². The Balaban J connectivity index is 4.75. The first-order valence-electron chi connectivity index (χ1n) is 7.23. The fraction of sp³-hybridized carbons (Fsp3) is 1.00. The number of rotatable bonds is 11. The van der Waals surface area contributed by atoms with Gasteiger partial charge in [0.2, 0.25) is 0 Å². The molecule has 0 saturated carbocycles. The summed E-state index contributed by atoms with van der Waals surface area (Å²) in [6, 6.07) is 0. The molecule has 4 heteroatoms. The number of hydrogen-bond donors (Lipinski definition) is 0. The van der Waals surface area contributed by atoms with Gasteiger partial charge in [0.25, 0.3) is 0 Å². The molecule has 0 bridgehead atoms. The molecule has 0 saturated heterocycles. The SMILES string of the molecule is CCCC[O][Ti](=[O])([CH2]CC)([CH2]CC)[O]CCC. The maximum absolute atomic E-state index is 13.3. The predicted molar refractivity (Wildman–Crippen MR) is 68.0 cm³/mol. The third kappa shape index (κ3) is 6.24. The fourth-order valence-corrected chi connectivity index (χ4v) is 8.60. The third-order valence-corrected chi connectivity index (χ3v) is 10.2. The number of hydrogen-bond acceptors (Lipinski definition) is 3. The quantitative estimate of drug-likeness (QED) is 0.405. The van der Waals surface area contributed by atoms with Gasteiger partial charge in [-0.1, -0.05) is 0 Å². The molecule has 104 valence electrons. The van der Waals surface area contributed by atoms with E-state index in [4.69, 9.17) is 6.64 Å². The van der Waals surface area contributed by atoms with Crippen LogP contribution in [0, 0.1) is 0 Å². The molecule has 17 heavy (non-hydrogen) atoms. The standard InChI is InChI=1S/C4H9O.C3H7O.2C3H7.O.Ti/c1-2-3-4-5;1-2-3-4;2*1-3-2;;/h2-4H2,1H3;2-3H2,1H3;2*1,3H2,2H3;;/q2*-1;;;;+2. The van der Waals surface area contributed by atoms with E-state index in [2.05, 4.69) is 20.8 Å². The topological polar surface area (TPSA) is 35.5 Å². The zero-order chi connectivity index (χ0) is 13.2. The van der Waals surface area contributed by atoms with Crippen molar-refractivity contribution in [3.63, 3.8) is 0 Å². The molecule has 0 heterocycles. The van der Waals surface area contributed by atoms with E-state index in [-0.39, 0.29) is 0 Å². The maximum atomic E-state index is 13.3. The second-order valence-electron chi connectivity index (χ2n) is 4.92. The monoisotopic (exact) mass is 282 g/mol. The van der Waals surface area contributed by atoms with Crippen LogP contribution in [0.4, 0.5) is 0 Å². The van der Waals surface area contributed by atoms with Crippen LogP contribution in [0.2, 0.25) is 9.45 Å². The molecular formula is C13H30O3Ti. The summed E-state index contributed by atoms with van der Waals surface area (Å²) in [6.45, 7) is 9.40. The van der Waals surface area contributed by atoms with Gasteiger partial charge in [0.15, 0.2) is 0 Å². The summed E-state index contributed by atoms with van der Waals surface area (Å²) in [5.41, 5.74) is 0.